The van der Waals surface area contributed by atoms with Crippen molar-refractivity contribution in [3.63, 3.8) is 0 Å². The first kappa shape index (κ1) is 15.1. The van der Waals surface area contributed by atoms with E-state index in [9.17, 15) is 18.0 Å². The van der Waals surface area contributed by atoms with Crippen molar-refractivity contribution in [3.05, 3.63) is 58.3 Å². The third-order valence-corrected chi connectivity index (χ3v) is 2.79. The minimum absolute atomic E-state index is 0.00983. The van der Waals surface area contributed by atoms with Crippen LogP contribution in [-0.4, -0.2) is 15.7 Å². The number of benzene rings is 1. The summed E-state index contributed by atoms with van der Waals surface area (Å²) in [4.78, 5) is 15.8. The summed E-state index contributed by atoms with van der Waals surface area (Å²) >= 11 is 0. The van der Waals surface area contributed by atoms with E-state index in [0.717, 1.165) is 11.8 Å². The van der Waals surface area contributed by atoms with Gasteiger partial charge in [0.25, 0.3) is 5.56 Å². The first-order chi connectivity index (χ1) is 9.87. The van der Waals surface area contributed by atoms with E-state index in [2.05, 4.69) is 4.98 Å². The van der Waals surface area contributed by atoms with Crippen molar-refractivity contribution in [2.24, 2.45) is 0 Å². The Hall–Kier alpha value is -2.31. The minimum Gasteiger partial charge on any atom is -0.482 e. The molecular weight excluding hydrogens is 285 g/mol. The zero-order chi connectivity index (χ0) is 15.5. The van der Waals surface area contributed by atoms with Gasteiger partial charge in [-0.25, -0.2) is 4.98 Å². The van der Waals surface area contributed by atoms with Crippen molar-refractivity contribution in [1.82, 2.24) is 9.55 Å². The number of aromatic nitrogens is 2. The molecule has 0 spiro atoms. The van der Waals surface area contributed by atoms with Crippen LogP contribution in [0.2, 0.25) is 0 Å². The van der Waals surface area contributed by atoms with E-state index in [0.29, 0.717) is 4.57 Å². The van der Waals surface area contributed by atoms with Crippen LogP contribution in [0.5, 0.6) is 5.75 Å². The van der Waals surface area contributed by atoms with Gasteiger partial charge in [-0.05, 0) is 12.5 Å². The summed E-state index contributed by atoms with van der Waals surface area (Å²) in [6, 6.07) is 9.00. The topological polar surface area (TPSA) is 44.1 Å². The largest absolute Gasteiger partial charge is 0.482 e. The highest BCUT2D eigenvalue weighted by Gasteiger charge is 2.29. The predicted octanol–water partition coefficient (Wildman–Crippen LogP) is 2.69. The maximum atomic E-state index is 12.5. The summed E-state index contributed by atoms with van der Waals surface area (Å²) in [5, 5.41) is 0. The molecule has 0 fully saturated rings. The number of rotatable bonds is 4. The van der Waals surface area contributed by atoms with Crippen LogP contribution in [0.3, 0.4) is 0 Å². The van der Waals surface area contributed by atoms with Crippen LogP contribution in [0, 0.1) is 6.92 Å². The first-order valence-electron chi connectivity index (χ1n) is 6.17. The van der Waals surface area contributed by atoms with Crippen LogP contribution in [0.15, 0.2) is 41.3 Å². The molecular formula is C14H13F3N2O2. The molecule has 1 aromatic heterocycles. The second-order valence-electron chi connectivity index (χ2n) is 4.45. The van der Waals surface area contributed by atoms with Gasteiger partial charge in [-0.15, -0.1) is 0 Å². The Labute approximate surface area is 118 Å². The molecule has 0 N–H and O–H groups in total. The van der Waals surface area contributed by atoms with Gasteiger partial charge >= 0.3 is 6.18 Å². The average Bonchev–Trinajstić information content (AvgIpc) is 2.43. The number of hydrogen-bond acceptors (Lipinski definition) is 3. The van der Waals surface area contributed by atoms with E-state index in [1.807, 2.05) is 6.07 Å². The fraction of sp³-hybridized carbons (Fsp3) is 0.286. The molecule has 0 unspecified atom stereocenters. The van der Waals surface area contributed by atoms with Gasteiger partial charge in [0.2, 0.25) is 5.75 Å². The molecule has 0 aliphatic rings. The van der Waals surface area contributed by atoms with Crippen molar-refractivity contribution in [3.8, 4) is 5.75 Å². The standard InChI is InChI=1S/C14H13F3N2O2/c1-10-18-7-12(13(20)19(10)9-14(15,16)17)21-8-11-5-3-2-4-6-11/h2-7H,8-9H2,1H3. The summed E-state index contributed by atoms with van der Waals surface area (Å²) in [5.74, 6) is -0.210. The second-order valence-corrected chi connectivity index (χ2v) is 4.45. The fourth-order valence-corrected chi connectivity index (χ4v) is 1.76. The number of nitrogens with zero attached hydrogens (tertiary/aromatic N) is 2. The lowest BCUT2D eigenvalue weighted by atomic mass is 10.2. The van der Waals surface area contributed by atoms with Gasteiger partial charge in [0.15, 0.2) is 0 Å². The highest BCUT2D eigenvalue weighted by Crippen LogP contribution is 2.17. The van der Waals surface area contributed by atoms with Crippen LogP contribution >= 0.6 is 0 Å². The molecule has 112 valence electrons. The van der Waals surface area contributed by atoms with Crippen LogP contribution in [0.25, 0.3) is 0 Å². The quantitative estimate of drug-likeness (QED) is 0.871. The molecule has 1 aromatic carbocycles. The Morgan fingerprint density at radius 3 is 2.52 bits per heavy atom. The maximum Gasteiger partial charge on any atom is 0.406 e. The third kappa shape index (κ3) is 4.08. The summed E-state index contributed by atoms with van der Waals surface area (Å²) in [6.07, 6.45) is -3.35. The van der Waals surface area contributed by atoms with Crippen molar-refractivity contribution in [2.75, 3.05) is 0 Å². The Kier molecular flexibility index (Phi) is 4.30. The van der Waals surface area contributed by atoms with Crippen LogP contribution in [0.1, 0.15) is 11.4 Å². The van der Waals surface area contributed by atoms with Gasteiger partial charge in [-0.3, -0.25) is 9.36 Å². The third-order valence-electron chi connectivity index (χ3n) is 2.79. The zero-order valence-corrected chi connectivity index (χ0v) is 11.2. The van der Waals surface area contributed by atoms with Crippen LogP contribution in [-0.2, 0) is 13.2 Å². The normalized spacial score (nSPS) is 11.4. The number of ether oxygens (including phenoxy) is 1. The fourth-order valence-electron chi connectivity index (χ4n) is 1.76. The van der Waals surface area contributed by atoms with Gasteiger partial charge in [0.1, 0.15) is 19.0 Å². The summed E-state index contributed by atoms with van der Waals surface area (Å²) < 4.78 is 43.2. The lowest BCUT2D eigenvalue weighted by Gasteiger charge is -2.13. The maximum absolute atomic E-state index is 12.5. The van der Waals surface area contributed by atoms with Crippen molar-refractivity contribution in [2.45, 2.75) is 26.3 Å². The molecule has 0 aliphatic heterocycles. The zero-order valence-electron chi connectivity index (χ0n) is 11.2. The molecule has 21 heavy (non-hydrogen) atoms. The Morgan fingerprint density at radius 2 is 1.90 bits per heavy atom. The second kappa shape index (κ2) is 5.99. The van der Waals surface area contributed by atoms with Gasteiger partial charge in [-0.1, -0.05) is 30.3 Å². The van der Waals surface area contributed by atoms with Crippen molar-refractivity contribution >= 4 is 0 Å². The molecule has 2 aromatic rings. The lowest BCUT2D eigenvalue weighted by molar-refractivity contribution is -0.141. The smallest absolute Gasteiger partial charge is 0.406 e. The molecule has 0 saturated heterocycles. The number of hydrogen-bond donors (Lipinski definition) is 0. The highest BCUT2D eigenvalue weighted by molar-refractivity contribution is 5.18. The van der Waals surface area contributed by atoms with Crippen molar-refractivity contribution < 1.29 is 17.9 Å². The van der Waals surface area contributed by atoms with E-state index >= 15 is 0 Å². The van der Waals surface area contributed by atoms with E-state index in [1.54, 1.807) is 24.3 Å². The van der Waals surface area contributed by atoms with E-state index < -0.39 is 18.3 Å². The van der Waals surface area contributed by atoms with Crippen LogP contribution < -0.4 is 10.3 Å². The average molecular weight is 298 g/mol. The molecule has 4 nitrogen and oxygen atoms in total. The molecule has 0 aliphatic carbocycles. The number of aryl methyl sites for hydroxylation is 1. The van der Waals surface area contributed by atoms with Gasteiger partial charge < -0.3 is 4.74 Å². The van der Waals surface area contributed by atoms with E-state index in [4.69, 9.17) is 4.74 Å². The molecule has 0 radical (unpaired) electrons. The number of halogens is 3. The Morgan fingerprint density at radius 1 is 1.24 bits per heavy atom. The molecule has 0 atom stereocenters. The van der Waals surface area contributed by atoms with Crippen LogP contribution in [0.4, 0.5) is 13.2 Å². The van der Waals surface area contributed by atoms with Gasteiger partial charge in [0.05, 0.1) is 6.20 Å². The molecule has 0 bridgehead atoms. The Balaban J connectivity index is 2.21. The lowest BCUT2D eigenvalue weighted by Crippen LogP contribution is -2.31. The monoisotopic (exact) mass is 298 g/mol. The molecule has 0 saturated carbocycles. The Bertz CT molecular complexity index is 666. The van der Waals surface area contributed by atoms with E-state index in [-0.39, 0.29) is 18.2 Å². The molecule has 0 amide bonds. The number of alkyl halides is 3. The van der Waals surface area contributed by atoms with Gasteiger partial charge in [-0.2, -0.15) is 13.2 Å². The first-order valence-corrected chi connectivity index (χ1v) is 6.17. The van der Waals surface area contributed by atoms with E-state index in [1.165, 1.54) is 6.92 Å². The molecule has 7 heteroatoms. The van der Waals surface area contributed by atoms with Crippen molar-refractivity contribution in [1.29, 1.82) is 0 Å². The van der Waals surface area contributed by atoms with Gasteiger partial charge in [0, 0.05) is 0 Å². The molecule has 2 rings (SSSR count). The summed E-state index contributed by atoms with van der Waals surface area (Å²) in [6.45, 7) is 0.0498. The SMILES string of the molecule is Cc1ncc(OCc2ccccc2)c(=O)n1CC(F)(F)F. The summed E-state index contributed by atoms with van der Waals surface area (Å²) in [5.41, 5.74) is -0.0318. The minimum atomic E-state index is -4.49. The molecule has 1 heterocycles. The highest BCUT2D eigenvalue weighted by atomic mass is 19.4. The predicted molar refractivity (Wildman–Crippen MR) is 70.1 cm³/mol. The summed E-state index contributed by atoms with van der Waals surface area (Å²) in [7, 11) is 0.